The van der Waals surface area contributed by atoms with Gasteiger partial charge < -0.3 is 19.4 Å². The fraction of sp³-hybridized carbons (Fsp3) is 0.167. The van der Waals surface area contributed by atoms with E-state index in [1.807, 2.05) is 0 Å². The van der Waals surface area contributed by atoms with Crippen molar-refractivity contribution >= 4 is 6.16 Å². The number of hydrogen-bond acceptors (Lipinski definition) is 4. The maximum absolute atomic E-state index is 9.92. The third kappa shape index (κ3) is 1.98. The van der Waals surface area contributed by atoms with Crippen LogP contribution in [0.3, 0.4) is 0 Å². The molecule has 1 heterocycles. The summed E-state index contributed by atoms with van der Waals surface area (Å²) in [6, 6.07) is 2.75. The van der Waals surface area contributed by atoms with Crippen LogP contribution in [0.1, 0.15) is 5.76 Å². The van der Waals surface area contributed by atoms with Crippen molar-refractivity contribution in [3.63, 3.8) is 0 Å². The molecule has 0 fully saturated rings. The fourth-order valence-corrected chi connectivity index (χ4v) is 0.584. The number of hydrogen-bond donors (Lipinski definition) is 2. The van der Waals surface area contributed by atoms with Gasteiger partial charge in [-0.25, -0.2) is 4.79 Å². The molecule has 0 aliphatic carbocycles. The number of aliphatic hydroxyl groups excluding tert-OH is 1. The maximum Gasteiger partial charge on any atom is 0.513 e. The maximum atomic E-state index is 9.92. The summed E-state index contributed by atoms with van der Waals surface area (Å²) in [6.07, 6.45) is -1.44. The summed E-state index contributed by atoms with van der Waals surface area (Å²) in [5.74, 6) is 0.128. The van der Waals surface area contributed by atoms with Crippen molar-refractivity contribution in [1.82, 2.24) is 0 Å². The van der Waals surface area contributed by atoms with Gasteiger partial charge in [-0.2, -0.15) is 0 Å². The molecule has 5 nitrogen and oxygen atoms in total. The van der Waals surface area contributed by atoms with Crippen LogP contribution in [0.25, 0.3) is 0 Å². The van der Waals surface area contributed by atoms with Gasteiger partial charge in [0.15, 0.2) is 0 Å². The van der Waals surface area contributed by atoms with Crippen LogP contribution in [0.5, 0.6) is 5.95 Å². The zero-order valence-corrected chi connectivity index (χ0v) is 5.48. The summed E-state index contributed by atoms with van der Waals surface area (Å²) >= 11 is 0. The zero-order chi connectivity index (χ0) is 8.27. The fourth-order valence-electron chi connectivity index (χ4n) is 0.584. The van der Waals surface area contributed by atoms with E-state index < -0.39 is 6.16 Å². The molecule has 0 aliphatic rings. The van der Waals surface area contributed by atoms with E-state index in [0.29, 0.717) is 0 Å². The summed E-state index contributed by atoms with van der Waals surface area (Å²) < 4.78 is 8.83. The summed E-state index contributed by atoms with van der Waals surface area (Å²) in [5, 5.41) is 16.6. The lowest BCUT2D eigenvalue weighted by Gasteiger charge is -1.91. The van der Waals surface area contributed by atoms with Crippen LogP contribution >= 0.6 is 0 Å². The van der Waals surface area contributed by atoms with Gasteiger partial charge in [0.1, 0.15) is 12.4 Å². The first-order chi connectivity index (χ1) is 5.22. The van der Waals surface area contributed by atoms with E-state index in [1.165, 1.54) is 12.1 Å². The van der Waals surface area contributed by atoms with Crippen LogP contribution in [0.4, 0.5) is 4.79 Å². The molecule has 0 atom stereocenters. The van der Waals surface area contributed by atoms with E-state index in [9.17, 15) is 4.79 Å². The van der Waals surface area contributed by atoms with Crippen molar-refractivity contribution in [3.8, 4) is 5.95 Å². The average molecular weight is 158 g/mol. The lowest BCUT2D eigenvalue weighted by Crippen LogP contribution is -2.01. The molecule has 11 heavy (non-hydrogen) atoms. The summed E-state index contributed by atoms with van der Waals surface area (Å²) in [4.78, 5) is 9.92. The highest BCUT2D eigenvalue weighted by Crippen LogP contribution is 2.15. The highest BCUT2D eigenvalue weighted by Gasteiger charge is 2.05. The first-order valence-corrected chi connectivity index (χ1v) is 2.82. The second kappa shape index (κ2) is 3.07. The normalized spacial score (nSPS) is 9.55. The third-order valence-corrected chi connectivity index (χ3v) is 0.981. The highest BCUT2D eigenvalue weighted by atomic mass is 16.7. The molecular formula is C6H6O5. The standard InChI is InChI=1S/C6H6O5/c7-3-4-1-2-5(10-4)11-6(8)9/h1-2,7H,3H2,(H,8,9). The first-order valence-electron chi connectivity index (χ1n) is 2.82. The summed E-state index contributed by atoms with van der Waals surface area (Å²) in [7, 11) is 0. The first kappa shape index (κ1) is 7.62. The number of aliphatic hydroxyl groups is 1. The molecule has 0 spiro atoms. The molecule has 0 amide bonds. The minimum Gasteiger partial charge on any atom is -0.449 e. The molecule has 1 rings (SSSR count). The molecule has 0 saturated heterocycles. The molecule has 0 radical (unpaired) electrons. The van der Waals surface area contributed by atoms with Crippen LogP contribution in [0, 0.1) is 0 Å². The van der Waals surface area contributed by atoms with Crippen molar-refractivity contribution in [2.45, 2.75) is 6.61 Å². The van der Waals surface area contributed by atoms with Crippen LogP contribution in [-0.2, 0) is 6.61 Å². The van der Waals surface area contributed by atoms with Crippen LogP contribution in [0.2, 0.25) is 0 Å². The predicted molar refractivity (Wildman–Crippen MR) is 33.3 cm³/mol. The van der Waals surface area contributed by atoms with Gasteiger partial charge in [0, 0.05) is 6.07 Å². The quantitative estimate of drug-likeness (QED) is 0.623. The Morgan fingerprint density at radius 3 is 2.82 bits per heavy atom. The van der Waals surface area contributed by atoms with Gasteiger partial charge >= 0.3 is 6.16 Å². The minimum atomic E-state index is -1.44. The molecule has 2 N–H and O–H groups in total. The Morgan fingerprint density at radius 1 is 1.64 bits per heavy atom. The van der Waals surface area contributed by atoms with E-state index in [0.717, 1.165) is 0 Å². The summed E-state index contributed by atoms with van der Waals surface area (Å²) in [5.41, 5.74) is 0. The minimum absolute atomic E-state index is 0.137. The second-order valence-electron chi connectivity index (χ2n) is 1.75. The Bertz CT molecular complexity index is 251. The largest absolute Gasteiger partial charge is 0.513 e. The van der Waals surface area contributed by atoms with E-state index in [1.54, 1.807) is 0 Å². The number of ether oxygens (including phenoxy) is 1. The van der Waals surface area contributed by atoms with E-state index in [-0.39, 0.29) is 18.3 Å². The molecule has 1 aromatic heterocycles. The smallest absolute Gasteiger partial charge is 0.449 e. The third-order valence-electron chi connectivity index (χ3n) is 0.981. The van der Waals surface area contributed by atoms with Gasteiger partial charge in [-0.15, -0.1) is 0 Å². The zero-order valence-electron chi connectivity index (χ0n) is 5.48. The van der Waals surface area contributed by atoms with E-state index >= 15 is 0 Å². The molecular weight excluding hydrogens is 152 g/mol. The van der Waals surface area contributed by atoms with Gasteiger partial charge in [0.2, 0.25) is 0 Å². The Hall–Kier alpha value is -1.49. The van der Waals surface area contributed by atoms with Crippen molar-refractivity contribution < 1.29 is 24.2 Å². The van der Waals surface area contributed by atoms with Gasteiger partial charge in [-0.1, -0.05) is 0 Å². The predicted octanol–water partition coefficient (Wildman–Crippen LogP) is 0.829. The molecule has 0 aromatic carbocycles. The van der Waals surface area contributed by atoms with Gasteiger partial charge in [-0.3, -0.25) is 0 Å². The molecule has 0 unspecified atom stereocenters. The van der Waals surface area contributed by atoms with Crippen LogP contribution in [0.15, 0.2) is 16.5 Å². The van der Waals surface area contributed by atoms with E-state index in [2.05, 4.69) is 4.74 Å². The Balaban J connectivity index is 2.65. The summed E-state index contributed by atoms with van der Waals surface area (Å²) in [6.45, 7) is -0.275. The van der Waals surface area contributed by atoms with Gasteiger partial charge in [0.05, 0.1) is 0 Å². The van der Waals surface area contributed by atoms with E-state index in [4.69, 9.17) is 14.6 Å². The Labute approximate surface area is 61.8 Å². The number of carboxylic acid groups (broad SMARTS) is 1. The van der Waals surface area contributed by atoms with Crippen molar-refractivity contribution in [3.05, 3.63) is 17.9 Å². The van der Waals surface area contributed by atoms with Crippen molar-refractivity contribution in [2.24, 2.45) is 0 Å². The van der Waals surface area contributed by atoms with Crippen LogP contribution in [-0.4, -0.2) is 16.4 Å². The van der Waals surface area contributed by atoms with Crippen molar-refractivity contribution in [2.75, 3.05) is 0 Å². The lowest BCUT2D eigenvalue weighted by atomic mass is 10.5. The van der Waals surface area contributed by atoms with Gasteiger partial charge in [0.25, 0.3) is 5.95 Å². The molecule has 0 bridgehead atoms. The molecule has 1 aromatic rings. The molecule has 0 aliphatic heterocycles. The van der Waals surface area contributed by atoms with Gasteiger partial charge in [-0.05, 0) is 6.07 Å². The number of furan rings is 1. The Kier molecular flexibility index (Phi) is 2.12. The highest BCUT2D eigenvalue weighted by molar-refractivity contribution is 5.59. The lowest BCUT2D eigenvalue weighted by molar-refractivity contribution is 0.129. The molecule has 0 saturated carbocycles. The SMILES string of the molecule is O=C(O)Oc1ccc(CO)o1. The van der Waals surface area contributed by atoms with Crippen molar-refractivity contribution in [1.29, 1.82) is 0 Å². The average Bonchev–Trinajstić information content (AvgIpc) is 2.34. The second-order valence-corrected chi connectivity index (χ2v) is 1.75. The Morgan fingerprint density at radius 2 is 2.36 bits per heavy atom. The molecule has 60 valence electrons. The topological polar surface area (TPSA) is 79.9 Å². The number of rotatable bonds is 2. The molecule has 5 heteroatoms. The monoisotopic (exact) mass is 158 g/mol. The van der Waals surface area contributed by atoms with Crippen LogP contribution < -0.4 is 4.74 Å². The number of carbonyl (C=O) groups is 1.